The normalized spacial score (nSPS) is 15.5. The summed E-state index contributed by atoms with van der Waals surface area (Å²) < 4.78 is 5.04. The third-order valence-electron chi connectivity index (χ3n) is 4.54. The molecule has 2 aromatic rings. The number of ether oxygens (including phenoxy) is 1. The molecule has 1 saturated heterocycles. The van der Waals surface area contributed by atoms with Gasteiger partial charge in [0, 0.05) is 5.92 Å². The van der Waals surface area contributed by atoms with E-state index in [1.807, 2.05) is 6.92 Å². The third kappa shape index (κ3) is 5.11. The summed E-state index contributed by atoms with van der Waals surface area (Å²) in [6.45, 7) is 6.01. The Hall–Kier alpha value is -2.32. The van der Waals surface area contributed by atoms with Crippen LogP contribution in [0.4, 0.5) is 5.69 Å². The van der Waals surface area contributed by atoms with Crippen LogP contribution in [0.1, 0.15) is 46.1 Å². The van der Waals surface area contributed by atoms with Gasteiger partial charge in [0.1, 0.15) is 10.0 Å². The lowest BCUT2D eigenvalue weighted by Gasteiger charge is -2.30. The number of aromatic nitrogens is 2. The monoisotopic (exact) mass is 388 g/mol. The minimum atomic E-state index is -0.429. The van der Waals surface area contributed by atoms with Crippen LogP contribution in [0.5, 0.6) is 0 Å². The number of rotatable bonds is 6. The fourth-order valence-corrected chi connectivity index (χ4v) is 4.05. The zero-order valence-corrected chi connectivity index (χ0v) is 16.4. The van der Waals surface area contributed by atoms with Gasteiger partial charge in [0.05, 0.1) is 24.4 Å². The Kier molecular flexibility index (Phi) is 6.52. The molecule has 0 spiro atoms. The van der Waals surface area contributed by atoms with E-state index < -0.39 is 5.97 Å². The number of likely N-dealkylation sites (tertiary alicyclic amines) is 1. The molecule has 0 saturated carbocycles. The molecule has 1 aliphatic rings. The average Bonchev–Trinajstić information content (AvgIpc) is 3.09. The molecule has 144 valence electrons. The smallest absolute Gasteiger partial charge is 0.340 e. The van der Waals surface area contributed by atoms with Crippen LogP contribution in [0.2, 0.25) is 0 Å². The molecule has 1 amide bonds. The number of hydrogen-bond acceptors (Lipinski definition) is 7. The van der Waals surface area contributed by atoms with Crippen LogP contribution in [0, 0.1) is 6.92 Å². The molecule has 1 aromatic carbocycles. The molecule has 0 aliphatic carbocycles. The topological polar surface area (TPSA) is 84.4 Å². The highest BCUT2D eigenvalue weighted by Crippen LogP contribution is 2.29. The van der Waals surface area contributed by atoms with E-state index >= 15 is 0 Å². The molecule has 27 heavy (non-hydrogen) atoms. The predicted molar refractivity (Wildman–Crippen MR) is 104 cm³/mol. The number of hydrogen-bond donors (Lipinski definition) is 1. The molecule has 8 heteroatoms. The number of anilines is 1. The van der Waals surface area contributed by atoms with E-state index in [-0.39, 0.29) is 5.91 Å². The summed E-state index contributed by atoms with van der Waals surface area (Å²) in [7, 11) is 0. The standard InChI is InChI=1S/C19H24N4O3S/c1-3-26-19(25)15-6-4-5-7-16(15)20-17(24)12-23-10-8-14(9-11-23)18-22-21-13(2)27-18/h4-7,14H,3,8-12H2,1-2H3,(H,20,24). The molecule has 2 heterocycles. The van der Waals surface area contributed by atoms with Crippen molar-refractivity contribution >= 4 is 28.9 Å². The van der Waals surface area contributed by atoms with Crippen LogP contribution in [-0.2, 0) is 9.53 Å². The maximum atomic E-state index is 12.4. The number of aryl methyl sites for hydroxylation is 1. The second kappa shape index (κ2) is 9.05. The number of amides is 1. The lowest BCUT2D eigenvalue weighted by Crippen LogP contribution is -2.38. The summed E-state index contributed by atoms with van der Waals surface area (Å²) in [4.78, 5) is 26.6. The van der Waals surface area contributed by atoms with Crippen molar-refractivity contribution in [3.8, 4) is 0 Å². The van der Waals surface area contributed by atoms with Crippen molar-refractivity contribution in [3.63, 3.8) is 0 Å². The first-order valence-electron chi connectivity index (χ1n) is 9.15. The Balaban J connectivity index is 1.53. The van der Waals surface area contributed by atoms with Crippen LogP contribution < -0.4 is 5.32 Å². The molecule has 0 radical (unpaired) electrons. The lowest BCUT2D eigenvalue weighted by molar-refractivity contribution is -0.117. The number of esters is 1. The Morgan fingerprint density at radius 1 is 1.26 bits per heavy atom. The fourth-order valence-electron chi connectivity index (χ4n) is 3.19. The van der Waals surface area contributed by atoms with Gasteiger partial charge in [-0.2, -0.15) is 0 Å². The van der Waals surface area contributed by atoms with Crippen LogP contribution in [0.3, 0.4) is 0 Å². The molecule has 7 nitrogen and oxygen atoms in total. The van der Waals surface area contributed by atoms with Crippen molar-refractivity contribution in [1.29, 1.82) is 0 Å². The van der Waals surface area contributed by atoms with Gasteiger partial charge in [-0.05, 0) is 51.9 Å². The molecule has 1 aliphatic heterocycles. The molecule has 0 bridgehead atoms. The number of benzene rings is 1. The van der Waals surface area contributed by atoms with E-state index in [4.69, 9.17) is 4.74 Å². The zero-order chi connectivity index (χ0) is 19.2. The fraction of sp³-hybridized carbons (Fsp3) is 0.474. The van der Waals surface area contributed by atoms with Crippen molar-refractivity contribution in [2.75, 3.05) is 31.6 Å². The van der Waals surface area contributed by atoms with Crippen LogP contribution in [0.15, 0.2) is 24.3 Å². The van der Waals surface area contributed by atoms with Gasteiger partial charge >= 0.3 is 5.97 Å². The largest absolute Gasteiger partial charge is 0.462 e. The van der Waals surface area contributed by atoms with Gasteiger partial charge in [0.15, 0.2) is 0 Å². The van der Waals surface area contributed by atoms with Gasteiger partial charge in [-0.15, -0.1) is 21.5 Å². The van der Waals surface area contributed by atoms with Crippen LogP contribution in [0.25, 0.3) is 0 Å². The minimum absolute atomic E-state index is 0.128. The molecule has 1 aromatic heterocycles. The first-order chi connectivity index (χ1) is 13.1. The van der Waals surface area contributed by atoms with Crippen molar-refractivity contribution in [1.82, 2.24) is 15.1 Å². The summed E-state index contributed by atoms with van der Waals surface area (Å²) in [5, 5.41) is 13.3. The third-order valence-corrected chi connectivity index (χ3v) is 5.54. The number of carbonyl (C=O) groups excluding carboxylic acids is 2. The lowest BCUT2D eigenvalue weighted by atomic mass is 9.98. The second-order valence-electron chi connectivity index (χ2n) is 6.52. The summed E-state index contributed by atoms with van der Waals surface area (Å²) in [5.41, 5.74) is 0.859. The highest BCUT2D eigenvalue weighted by molar-refractivity contribution is 7.11. The van der Waals surface area contributed by atoms with E-state index in [2.05, 4.69) is 20.4 Å². The van der Waals surface area contributed by atoms with Gasteiger partial charge in [-0.1, -0.05) is 12.1 Å². The Labute approximate surface area is 162 Å². The van der Waals surface area contributed by atoms with Gasteiger partial charge < -0.3 is 10.1 Å². The molecule has 3 rings (SSSR count). The molecule has 1 N–H and O–H groups in total. The number of para-hydroxylation sites is 1. The molecular weight excluding hydrogens is 364 g/mol. The van der Waals surface area contributed by atoms with E-state index in [1.54, 1.807) is 42.5 Å². The quantitative estimate of drug-likeness (QED) is 0.766. The van der Waals surface area contributed by atoms with Crippen molar-refractivity contribution in [2.24, 2.45) is 0 Å². The van der Waals surface area contributed by atoms with Gasteiger partial charge in [0.25, 0.3) is 0 Å². The Morgan fingerprint density at radius 2 is 2.00 bits per heavy atom. The van der Waals surface area contributed by atoms with Gasteiger partial charge in [0.2, 0.25) is 5.91 Å². The number of piperidine rings is 1. The predicted octanol–water partition coefficient (Wildman–Crippen LogP) is 2.84. The van der Waals surface area contributed by atoms with Gasteiger partial charge in [-0.3, -0.25) is 9.69 Å². The van der Waals surface area contributed by atoms with Crippen molar-refractivity contribution in [2.45, 2.75) is 32.6 Å². The van der Waals surface area contributed by atoms with E-state index in [1.165, 1.54) is 0 Å². The summed E-state index contributed by atoms with van der Waals surface area (Å²) in [5.74, 6) is -0.126. The van der Waals surface area contributed by atoms with Gasteiger partial charge in [-0.25, -0.2) is 4.79 Å². The van der Waals surface area contributed by atoms with Crippen LogP contribution in [-0.4, -0.2) is 53.2 Å². The highest BCUT2D eigenvalue weighted by atomic mass is 32.1. The van der Waals surface area contributed by atoms with E-state index in [0.717, 1.165) is 35.9 Å². The highest BCUT2D eigenvalue weighted by Gasteiger charge is 2.24. The first-order valence-corrected chi connectivity index (χ1v) is 9.96. The summed E-state index contributed by atoms with van der Waals surface area (Å²) in [6, 6.07) is 6.91. The minimum Gasteiger partial charge on any atom is -0.462 e. The summed E-state index contributed by atoms with van der Waals surface area (Å²) >= 11 is 1.66. The van der Waals surface area contributed by atoms with E-state index in [0.29, 0.717) is 30.3 Å². The average molecular weight is 388 g/mol. The molecular formula is C19H24N4O3S. The number of carbonyl (C=O) groups is 2. The zero-order valence-electron chi connectivity index (χ0n) is 15.6. The van der Waals surface area contributed by atoms with Crippen molar-refractivity contribution in [3.05, 3.63) is 39.8 Å². The maximum absolute atomic E-state index is 12.4. The molecule has 0 atom stereocenters. The second-order valence-corrected chi connectivity index (χ2v) is 7.74. The van der Waals surface area contributed by atoms with Crippen molar-refractivity contribution < 1.29 is 14.3 Å². The molecule has 0 unspecified atom stereocenters. The SMILES string of the molecule is CCOC(=O)c1ccccc1NC(=O)CN1CCC(c2nnc(C)s2)CC1. The summed E-state index contributed by atoms with van der Waals surface area (Å²) in [6.07, 6.45) is 1.95. The van der Waals surface area contributed by atoms with E-state index in [9.17, 15) is 9.59 Å². The Bertz CT molecular complexity index is 800. The van der Waals surface area contributed by atoms with Crippen LogP contribution >= 0.6 is 11.3 Å². The maximum Gasteiger partial charge on any atom is 0.340 e. The first kappa shape index (κ1) is 19.4. The number of nitrogens with zero attached hydrogens (tertiary/aromatic N) is 3. The molecule has 1 fully saturated rings. The Morgan fingerprint density at radius 3 is 2.67 bits per heavy atom. The number of nitrogens with one attached hydrogen (secondary N) is 1.